The molecule has 0 saturated carbocycles. The van der Waals surface area contributed by atoms with Gasteiger partial charge in [0.2, 0.25) is 0 Å². The van der Waals surface area contributed by atoms with Crippen molar-refractivity contribution in [2.24, 2.45) is 0 Å². The fraction of sp³-hybridized carbons (Fsp3) is 0.222. The first-order valence-electron chi connectivity index (χ1n) is 7.27. The van der Waals surface area contributed by atoms with Crippen LogP contribution in [-0.4, -0.2) is 17.0 Å². The van der Waals surface area contributed by atoms with Crippen LogP contribution in [0.2, 0.25) is 0 Å². The van der Waals surface area contributed by atoms with E-state index in [2.05, 4.69) is 59.9 Å². The van der Waals surface area contributed by atoms with Crippen LogP contribution in [0.4, 0.5) is 5.13 Å². The summed E-state index contributed by atoms with van der Waals surface area (Å²) in [5, 5.41) is 6.06. The first-order chi connectivity index (χ1) is 10.6. The third-order valence-corrected chi connectivity index (χ3v) is 4.74. The molecule has 22 heavy (non-hydrogen) atoms. The maximum absolute atomic E-state index is 4.77. The molecule has 0 saturated heterocycles. The predicted octanol–water partition coefficient (Wildman–Crippen LogP) is 4.84. The van der Waals surface area contributed by atoms with E-state index in [0.29, 0.717) is 0 Å². The highest BCUT2D eigenvalue weighted by molar-refractivity contribution is 7.14. The molecule has 0 bridgehead atoms. The summed E-state index contributed by atoms with van der Waals surface area (Å²) < 4.78 is 0. The Morgan fingerprint density at radius 1 is 0.909 bits per heavy atom. The normalized spacial score (nSPS) is 10.7. The Kier molecular flexibility index (Phi) is 3.94. The summed E-state index contributed by atoms with van der Waals surface area (Å²) in [5.74, 6) is 0. The molecule has 1 aromatic carbocycles. The third-order valence-electron chi connectivity index (χ3n) is 3.88. The molecule has 0 atom stereocenters. The smallest absolute Gasteiger partial charge is 0.182 e. The summed E-state index contributed by atoms with van der Waals surface area (Å²) in [6, 6.07) is 10.7. The monoisotopic (exact) mass is 309 g/mol. The standard InChI is InChI=1S/C18H19N3S/c1-11-5-6-14(9-12(11)2)16-8-7-15(13(3)20-16)17-10-22-18(19-4)21-17/h5-10H,1-4H3,(H,19,21). The Hall–Kier alpha value is -2.20. The maximum Gasteiger partial charge on any atom is 0.182 e. The van der Waals surface area contributed by atoms with Gasteiger partial charge in [0.25, 0.3) is 0 Å². The van der Waals surface area contributed by atoms with Gasteiger partial charge in [-0.2, -0.15) is 0 Å². The molecule has 3 rings (SSSR count). The van der Waals surface area contributed by atoms with Gasteiger partial charge in [0.15, 0.2) is 5.13 Å². The number of nitrogens with one attached hydrogen (secondary N) is 1. The molecule has 0 aliphatic rings. The molecule has 0 fully saturated rings. The van der Waals surface area contributed by atoms with Gasteiger partial charge in [0, 0.05) is 29.2 Å². The minimum absolute atomic E-state index is 0.924. The van der Waals surface area contributed by atoms with Crippen molar-refractivity contribution < 1.29 is 0 Å². The van der Waals surface area contributed by atoms with E-state index in [1.54, 1.807) is 11.3 Å². The molecule has 0 spiro atoms. The predicted molar refractivity (Wildman–Crippen MR) is 94.5 cm³/mol. The van der Waals surface area contributed by atoms with Crippen molar-refractivity contribution in [1.29, 1.82) is 0 Å². The zero-order valence-electron chi connectivity index (χ0n) is 13.3. The van der Waals surface area contributed by atoms with Crippen LogP contribution < -0.4 is 5.32 Å². The second-order valence-electron chi connectivity index (χ2n) is 5.42. The Labute approximate surface area is 135 Å². The Morgan fingerprint density at radius 2 is 1.73 bits per heavy atom. The molecule has 2 heterocycles. The molecular weight excluding hydrogens is 290 g/mol. The maximum atomic E-state index is 4.77. The summed E-state index contributed by atoms with van der Waals surface area (Å²) >= 11 is 1.61. The van der Waals surface area contributed by atoms with Gasteiger partial charge in [-0.15, -0.1) is 11.3 Å². The van der Waals surface area contributed by atoms with Gasteiger partial charge in [0.05, 0.1) is 11.4 Å². The van der Waals surface area contributed by atoms with Gasteiger partial charge in [-0.3, -0.25) is 4.98 Å². The number of hydrogen-bond acceptors (Lipinski definition) is 4. The van der Waals surface area contributed by atoms with Crippen LogP contribution in [0.1, 0.15) is 16.8 Å². The highest BCUT2D eigenvalue weighted by Gasteiger charge is 2.09. The SMILES string of the molecule is CNc1nc(-c2ccc(-c3ccc(C)c(C)c3)nc2C)cs1. The Morgan fingerprint density at radius 3 is 2.36 bits per heavy atom. The lowest BCUT2D eigenvalue weighted by Crippen LogP contribution is -1.93. The second-order valence-corrected chi connectivity index (χ2v) is 6.27. The van der Waals surface area contributed by atoms with E-state index >= 15 is 0 Å². The average Bonchev–Trinajstić information content (AvgIpc) is 2.98. The zero-order chi connectivity index (χ0) is 15.7. The number of aromatic nitrogens is 2. The first-order valence-corrected chi connectivity index (χ1v) is 8.15. The number of nitrogens with zero attached hydrogens (tertiary/aromatic N) is 2. The Balaban J connectivity index is 1.99. The molecule has 0 unspecified atom stereocenters. The van der Waals surface area contributed by atoms with E-state index in [9.17, 15) is 0 Å². The number of benzene rings is 1. The minimum atomic E-state index is 0.924. The summed E-state index contributed by atoms with van der Waals surface area (Å²) in [6.07, 6.45) is 0. The average molecular weight is 309 g/mol. The number of thiazole rings is 1. The molecule has 3 nitrogen and oxygen atoms in total. The van der Waals surface area contributed by atoms with Crippen molar-refractivity contribution in [3.63, 3.8) is 0 Å². The lowest BCUT2D eigenvalue weighted by atomic mass is 10.0. The molecular formula is C18H19N3S. The molecule has 0 radical (unpaired) electrons. The van der Waals surface area contributed by atoms with Crippen LogP contribution >= 0.6 is 11.3 Å². The van der Waals surface area contributed by atoms with Crippen LogP contribution in [0.25, 0.3) is 22.5 Å². The minimum Gasteiger partial charge on any atom is -0.365 e. The molecule has 3 aromatic rings. The fourth-order valence-electron chi connectivity index (χ4n) is 2.41. The van der Waals surface area contributed by atoms with Crippen LogP contribution in [0, 0.1) is 20.8 Å². The fourth-order valence-corrected chi connectivity index (χ4v) is 3.08. The number of anilines is 1. The van der Waals surface area contributed by atoms with Gasteiger partial charge in [-0.25, -0.2) is 4.98 Å². The van der Waals surface area contributed by atoms with E-state index in [4.69, 9.17) is 4.98 Å². The molecule has 0 aliphatic heterocycles. The number of rotatable bonds is 3. The molecule has 0 amide bonds. The van der Waals surface area contributed by atoms with E-state index in [1.807, 2.05) is 14.0 Å². The van der Waals surface area contributed by atoms with Crippen LogP contribution in [0.15, 0.2) is 35.7 Å². The first kappa shape index (κ1) is 14.7. The van der Waals surface area contributed by atoms with Crippen molar-refractivity contribution in [2.45, 2.75) is 20.8 Å². The number of hydrogen-bond donors (Lipinski definition) is 1. The van der Waals surface area contributed by atoms with Crippen molar-refractivity contribution in [1.82, 2.24) is 9.97 Å². The lowest BCUT2D eigenvalue weighted by molar-refractivity contribution is 1.19. The van der Waals surface area contributed by atoms with E-state index < -0.39 is 0 Å². The number of aryl methyl sites for hydroxylation is 3. The van der Waals surface area contributed by atoms with Crippen LogP contribution in [0.3, 0.4) is 0 Å². The molecule has 2 aromatic heterocycles. The van der Waals surface area contributed by atoms with E-state index in [0.717, 1.165) is 33.3 Å². The van der Waals surface area contributed by atoms with Gasteiger partial charge >= 0.3 is 0 Å². The van der Waals surface area contributed by atoms with Crippen molar-refractivity contribution in [3.05, 3.63) is 52.5 Å². The van der Waals surface area contributed by atoms with Gasteiger partial charge in [-0.1, -0.05) is 12.1 Å². The van der Waals surface area contributed by atoms with E-state index in [-0.39, 0.29) is 0 Å². The van der Waals surface area contributed by atoms with E-state index in [1.165, 1.54) is 11.1 Å². The van der Waals surface area contributed by atoms with Crippen molar-refractivity contribution in [2.75, 3.05) is 12.4 Å². The zero-order valence-corrected chi connectivity index (χ0v) is 14.1. The molecule has 1 N–H and O–H groups in total. The lowest BCUT2D eigenvalue weighted by Gasteiger charge is -2.08. The summed E-state index contributed by atoms with van der Waals surface area (Å²) in [4.78, 5) is 9.33. The van der Waals surface area contributed by atoms with Gasteiger partial charge in [0.1, 0.15) is 0 Å². The quantitative estimate of drug-likeness (QED) is 0.752. The largest absolute Gasteiger partial charge is 0.365 e. The summed E-state index contributed by atoms with van der Waals surface area (Å²) in [6.45, 7) is 6.30. The topological polar surface area (TPSA) is 37.8 Å². The highest BCUT2D eigenvalue weighted by atomic mass is 32.1. The highest BCUT2D eigenvalue weighted by Crippen LogP contribution is 2.29. The van der Waals surface area contributed by atoms with Gasteiger partial charge in [-0.05, 0) is 50.1 Å². The molecule has 0 aliphatic carbocycles. The summed E-state index contributed by atoms with van der Waals surface area (Å²) in [5.41, 5.74) is 7.83. The molecule has 4 heteroatoms. The molecule has 112 valence electrons. The Bertz CT molecular complexity index is 821. The van der Waals surface area contributed by atoms with Crippen LogP contribution in [0.5, 0.6) is 0 Å². The summed E-state index contributed by atoms with van der Waals surface area (Å²) in [7, 11) is 1.89. The van der Waals surface area contributed by atoms with Crippen molar-refractivity contribution in [3.8, 4) is 22.5 Å². The van der Waals surface area contributed by atoms with Crippen molar-refractivity contribution >= 4 is 16.5 Å². The number of pyridine rings is 1. The van der Waals surface area contributed by atoms with Crippen LogP contribution in [-0.2, 0) is 0 Å². The third kappa shape index (κ3) is 2.74. The second kappa shape index (κ2) is 5.89. The van der Waals surface area contributed by atoms with Gasteiger partial charge < -0.3 is 5.32 Å².